The maximum Gasteiger partial charge on any atom is 0.266 e. The van der Waals surface area contributed by atoms with Crippen molar-refractivity contribution in [1.82, 2.24) is 10.8 Å². The van der Waals surface area contributed by atoms with E-state index >= 15 is 0 Å². The lowest BCUT2D eigenvalue weighted by atomic mass is 9.86. The smallest absolute Gasteiger partial charge is 0.266 e. The monoisotopic (exact) mass is 320 g/mol. The van der Waals surface area contributed by atoms with Crippen LogP contribution in [0.4, 0.5) is 0 Å². The lowest BCUT2D eigenvalue weighted by molar-refractivity contribution is -0.136. The number of hydroxylamine groups is 1. The van der Waals surface area contributed by atoms with Gasteiger partial charge in [-0.25, -0.2) is 5.48 Å². The van der Waals surface area contributed by atoms with Gasteiger partial charge < -0.3 is 5.32 Å². The first kappa shape index (κ1) is 19.2. The molecular formula is C18H28N2O3. The predicted molar refractivity (Wildman–Crippen MR) is 91.0 cm³/mol. The highest BCUT2D eigenvalue weighted by atomic mass is 16.6. The van der Waals surface area contributed by atoms with E-state index in [1.807, 2.05) is 26.0 Å². The Balaban J connectivity index is 2.81. The van der Waals surface area contributed by atoms with E-state index in [1.165, 1.54) is 0 Å². The van der Waals surface area contributed by atoms with Gasteiger partial charge in [-0.15, -0.1) is 0 Å². The van der Waals surface area contributed by atoms with Crippen LogP contribution in [0.15, 0.2) is 24.3 Å². The van der Waals surface area contributed by atoms with E-state index in [-0.39, 0.29) is 23.1 Å². The van der Waals surface area contributed by atoms with Crippen LogP contribution in [-0.2, 0) is 15.0 Å². The Kier molecular flexibility index (Phi) is 6.76. The summed E-state index contributed by atoms with van der Waals surface area (Å²) in [5, 5.41) is 2.77. The van der Waals surface area contributed by atoms with Crippen LogP contribution in [0.2, 0.25) is 0 Å². The van der Waals surface area contributed by atoms with Gasteiger partial charge in [0.05, 0.1) is 6.61 Å². The maximum absolute atomic E-state index is 12.4. The number of hydrogen-bond donors (Lipinski definition) is 2. The molecule has 0 aromatic heterocycles. The van der Waals surface area contributed by atoms with Crippen molar-refractivity contribution >= 4 is 11.8 Å². The van der Waals surface area contributed by atoms with Gasteiger partial charge in [0, 0.05) is 5.56 Å². The minimum Gasteiger partial charge on any atom is -0.340 e. The number of benzene rings is 1. The van der Waals surface area contributed by atoms with Gasteiger partial charge in [-0.3, -0.25) is 14.4 Å². The Morgan fingerprint density at radius 2 is 1.70 bits per heavy atom. The number of nitrogens with one attached hydrogen (secondary N) is 2. The van der Waals surface area contributed by atoms with Gasteiger partial charge in [0.15, 0.2) is 0 Å². The molecule has 2 amide bonds. The molecule has 1 aromatic carbocycles. The molecule has 5 heteroatoms. The first-order valence-corrected chi connectivity index (χ1v) is 7.99. The Labute approximate surface area is 138 Å². The molecule has 1 aromatic rings. The second-order valence-corrected chi connectivity index (χ2v) is 6.92. The zero-order chi connectivity index (χ0) is 17.6. The SMILES string of the molecule is CCONC(=O)C(NC(=O)c1ccc(C(C)(C)C)cc1)C(C)C. The Hall–Kier alpha value is -1.88. The summed E-state index contributed by atoms with van der Waals surface area (Å²) in [6, 6.07) is 6.82. The fourth-order valence-electron chi connectivity index (χ4n) is 2.09. The molecule has 0 saturated carbocycles. The van der Waals surface area contributed by atoms with Crippen LogP contribution in [-0.4, -0.2) is 24.5 Å². The maximum atomic E-state index is 12.4. The van der Waals surface area contributed by atoms with Crippen LogP contribution >= 0.6 is 0 Å². The van der Waals surface area contributed by atoms with Gasteiger partial charge >= 0.3 is 0 Å². The highest BCUT2D eigenvalue weighted by molar-refractivity contribution is 5.97. The zero-order valence-corrected chi connectivity index (χ0v) is 14.9. The van der Waals surface area contributed by atoms with Crippen molar-refractivity contribution in [3.63, 3.8) is 0 Å². The van der Waals surface area contributed by atoms with Crippen LogP contribution in [0.25, 0.3) is 0 Å². The molecule has 0 bridgehead atoms. The molecular weight excluding hydrogens is 292 g/mol. The second kappa shape index (κ2) is 8.11. The van der Waals surface area contributed by atoms with Crippen LogP contribution in [0.1, 0.15) is 57.5 Å². The highest BCUT2D eigenvalue weighted by Gasteiger charge is 2.25. The summed E-state index contributed by atoms with van der Waals surface area (Å²) in [5.74, 6) is -0.662. The highest BCUT2D eigenvalue weighted by Crippen LogP contribution is 2.22. The summed E-state index contributed by atoms with van der Waals surface area (Å²) in [4.78, 5) is 29.3. The van der Waals surface area contributed by atoms with E-state index in [1.54, 1.807) is 19.1 Å². The average molecular weight is 320 g/mol. The van der Waals surface area contributed by atoms with Crippen molar-refractivity contribution in [2.45, 2.75) is 53.0 Å². The fraction of sp³-hybridized carbons (Fsp3) is 0.556. The van der Waals surface area contributed by atoms with Gasteiger partial charge in [0.25, 0.3) is 11.8 Å². The molecule has 0 radical (unpaired) electrons. The standard InChI is InChI=1S/C18H28N2O3/c1-7-23-20-17(22)15(12(2)3)19-16(21)13-8-10-14(11-9-13)18(4,5)6/h8-12,15H,7H2,1-6H3,(H,19,21)(H,20,22). The summed E-state index contributed by atoms with van der Waals surface area (Å²) in [6.07, 6.45) is 0. The third-order valence-corrected chi connectivity index (χ3v) is 3.57. The van der Waals surface area contributed by atoms with Crippen LogP contribution in [0.5, 0.6) is 0 Å². The number of rotatable bonds is 6. The lowest BCUT2D eigenvalue weighted by Crippen LogP contribution is -2.49. The molecule has 5 nitrogen and oxygen atoms in total. The predicted octanol–water partition coefficient (Wildman–Crippen LogP) is 2.81. The van der Waals surface area contributed by atoms with Crippen molar-refractivity contribution in [2.24, 2.45) is 5.92 Å². The van der Waals surface area contributed by atoms with E-state index in [0.29, 0.717) is 12.2 Å². The van der Waals surface area contributed by atoms with Gasteiger partial charge in [-0.05, 0) is 36.0 Å². The molecule has 0 aliphatic carbocycles. The molecule has 1 rings (SSSR count). The Morgan fingerprint density at radius 1 is 1.13 bits per heavy atom. The number of hydrogen-bond acceptors (Lipinski definition) is 3. The Bertz CT molecular complexity index is 530. The molecule has 0 fully saturated rings. The third-order valence-electron chi connectivity index (χ3n) is 3.57. The quantitative estimate of drug-likeness (QED) is 0.792. The van der Waals surface area contributed by atoms with E-state index in [9.17, 15) is 9.59 Å². The molecule has 23 heavy (non-hydrogen) atoms. The summed E-state index contributed by atoms with van der Waals surface area (Å²) in [6.45, 7) is 12.3. The molecule has 0 heterocycles. The minimum absolute atomic E-state index is 0.0346. The van der Waals surface area contributed by atoms with Crippen LogP contribution in [0.3, 0.4) is 0 Å². The van der Waals surface area contributed by atoms with Crippen molar-refractivity contribution in [1.29, 1.82) is 0 Å². The van der Waals surface area contributed by atoms with Gasteiger partial charge in [0.2, 0.25) is 0 Å². The zero-order valence-electron chi connectivity index (χ0n) is 14.9. The van der Waals surface area contributed by atoms with E-state index < -0.39 is 6.04 Å². The number of amides is 2. The van der Waals surface area contributed by atoms with E-state index in [4.69, 9.17) is 4.84 Å². The molecule has 128 valence electrons. The molecule has 1 unspecified atom stereocenters. The minimum atomic E-state index is -0.642. The molecule has 0 aliphatic heterocycles. The van der Waals surface area contributed by atoms with Crippen LogP contribution in [0, 0.1) is 5.92 Å². The largest absolute Gasteiger partial charge is 0.340 e. The summed E-state index contributed by atoms with van der Waals surface area (Å²) in [5.41, 5.74) is 4.07. The number of carbonyl (C=O) groups is 2. The first-order chi connectivity index (χ1) is 10.7. The Morgan fingerprint density at radius 3 is 2.13 bits per heavy atom. The topological polar surface area (TPSA) is 67.4 Å². The van der Waals surface area contributed by atoms with Gasteiger partial charge in [0.1, 0.15) is 6.04 Å². The average Bonchev–Trinajstić information content (AvgIpc) is 2.48. The van der Waals surface area contributed by atoms with E-state index in [2.05, 4.69) is 31.6 Å². The summed E-state index contributed by atoms with van der Waals surface area (Å²) >= 11 is 0. The van der Waals surface area contributed by atoms with Crippen molar-refractivity contribution in [2.75, 3.05) is 6.61 Å². The van der Waals surface area contributed by atoms with Crippen molar-refractivity contribution in [3.8, 4) is 0 Å². The summed E-state index contributed by atoms with van der Waals surface area (Å²) in [7, 11) is 0. The third kappa shape index (κ3) is 5.67. The molecule has 0 spiro atoms. The molecule has 0 saturated heterocycles. The van der Waals surface area contributed by atoms with Gasteiger partial charge in [-0.2, -0.15) is 0 Å². The summed E-state index contributed by atoms with van der Waals surface area (Å²) < 4.78 is 0. The molecule has 1 atom stereocenters. The lowest BCUT2D eigenvalue weighted by Gasteiger charge is -2.22. The first-order valence-electron chi connectivity index (χ1n) is 7.99. The fourth-order valence-corrected chi connectivity index (χ4v) is 2.09. The second-order valence-electron chi connectivity index (χ2n) is 6.92. The van der Waals surface area contributed by atoms with Crippen molar-refractivity contribution in [3.05, 3.63) is 35.4 Å². The van der Waals surface area contributed by atoms with Gasteiger partial charge in [-0.1, -0.05) is 46.8 Å². The molecule has 0 aliphatic rings. The number of carbonyl (C=O) groups excluding carboxylic acids is 2. The molecule has 2 N–H and O–H groups in total. The van der Waals surface area contributed by atoms with Crippen molar-refractivity contribution < 1.29 is 14.4 Å². The normalized spacial score (nSPS) is 12.8. The van der Waals surface area contributed by atoms with E-state index in [0.717, 1.165) is 5.56 Å². The van der Waals surface area contributed by atoms with Crippen LogP contribution < -0.4 is 10.8 Å².